The summed E-state index contributed by atoms with van der Waals surface area (Å²) in [7, 11) is 0. The Morgan fingerprint density at radius 3 is 2.60 bits per heavy atom. The van der Waals surface area contributed by atoms with Gasteiger partial charge in [0, 0.05) is 15.4 Å². The summed E-state index contributed by atoms with van der Waals surface area (Å²) in [6.07, 6.45) is 1.44. The summed E-state index contributed by atoms with van der Waals surface area (Å²) >= 11 is 4.84. The van der Waals surface area contributed by atoms with Crippen LogP contribution in [-0.4, -0.2) is 15.5 Å². The van der Waals surface area contributed by atoms with Crippen LogP contribution in [0.3, 0.4) is 0 Å². The van der Waals surface area contributed by atoms with Crippen LogP contribution in [0.25, 0.3) is 21.3 Å². The van der Waals surface area contributed by atoms with Crippen LogP contribution in [0, 0.1) is 0 Å². The highest BCUT2D eigenvalue weighted by Crippen LogP contribution is 2.31. The maximum Gasteiger partial charge on any atom is 0.263 e. The Balaban J connectivity index is 1.65. The van der Waals surface area contributed by atoms with Crippen molar-refractivity contribution >= 4 is 49.1 Å². The van der Waals surface area contributed by atoms with Gasteiger partial charge in [-0.15, -0.1) is 11.3 Å². The molecule has 4 aromatic rings. The molecule has 2 heterocycles. The smallest absolute Gasteiger partial charge is 0.263 e. The third kappa shape index (κ3) is 4.08. The molecule has 5 nitrogen and oxygen atoms in total. The highest BCUT2D eigenvalue weighted by Gasteiger charge is 2.15. The van der Waals surface area contributed by atoms with E-state index in [4.69, 9.17) is 0 Å². The molecule has 4 rings (SSSR count). The number of amides is 1. The van der Waals surface area contributed by atoms with Crippen LogP contribution in [-0.2, 0) is 11.3 Å². The Kier molecular flexibility index (Phi) is 5.83. The molecule has 0 bridgehead atoms. The molecule has 0 saturated carbocycles. The molecule has 30 heavy (non-hydrogen) atoms. The van der Waals surface area contributed by atoms with E-state index in [1.165, 1.54) is 27.8 Å². The van der Waals surface area contributed by atoms with E-state index < -0.39 is 0 Å². The molecule has 0 radical (unpaired) electrons. The number of hydrogen-bond donors (Lipinski definition) is 1. The summed E-state index contributed by atoms with van der Waals surface area (Å²) in [5.74, 6) is 0.156. The topological polar surface area (TPSA) is 64.0 Å². The number of anilines is 1. The molecule has 152 valence electrons. The van der Waals surface area contributed by atoms with Gasteiger partial charge in [0.15, 0.2) is 0 Å². The summed E-state index contributed by atoms with van der Waals surface area (Å²) in [5.41, 5.74) is 3.51. The van der Waals surface area contributed by atoms with E-state index in [-0.39, 0.29) is 18.0 Å². The normalized spacial score (nSPS) is 11.2. The Labute approximate surface area is 186 Å². The Morgan fingerprint density at radius 2 is 1.90 bits per heavy atom. The molecule has 0 saturated heterocycles. The van der Waals surface area contributed by atoms with Crippen molar-refractivity contribution < 1.29 is 4.79 Å². The number of aromatic nitrogens is 2. The lowest BCUT2D eigenvalue weighted by Gasteiger charge is -2.09. The van der Waals surface area contributed by atoms with Gasteiger partial charge in [-0.25, -0.2) is 4.98 Å². The highest BCUT2D eigenvalue weighted by atomic mass is 79.9. The molecule has 0 aliphatic heterocycles. The zero-order valence-corrected chi connectivity index (χ0v) is 19.0. The molecule has 1 N–H and O–H groups in total. The van der Waals surface area contributed by atoms with E-state index in [1.807, 2.05) is 35.7 Å². The first-order valence-electron chi connectivity index (χ1n) is 9.55. The van der Waals surface area contributed by atoms with Gasteiger partial charge in [0.1, 0.15) is 11.4 Å². The van der Waals surface area contributed by atoms with Crippen LogP contribution in [0.5, 0.6) is 0 Å². The number of benzene rings is 2. The van der Waals surface area contributed by atoms with Crippen LogP contribution in [0.1, 0.15) is 25.3 Å². The fraction of sp³-hybridized carbons (Fsp3) is 0.174. The number of carbonyl (C=O) groups is 1. The minimum Gasteiger partial charge on any atom is -0.324 e. The molecular weight excluding hydrogens is 462 g/mol. The van der Waals surface area contributed by atoms with E-state index in [0.29, 0.717) is 21.8 Å². The van der Waals surface area contributed by atoms with Crippen molar-refractivity contribution in [3.63, 3.8) is 0 Å². The van der Waals surface area contributed by atoms with Gasteiger partial charge in [-0.05, 0) is 45.1 Å². The van der Waals surface area contributed by atoms with E-state index in [0.717, 1.165) is 15.6 Å². The van der Waals surface area contributed by atoms with Crippen LogP contribution in [0.4, 0.5) is 5.69 Å². The number of halogens is 1. The second kappa shape index (κ2) is 8.53. The lowest BCUT2D eigenvalue weighted by Crippen LogP contribution is -2.27. The summed E-state index contributed by atoms with van der Waals surface area (Å²) in [4.78, 5) is 30.7. The van der Waals surface area contributed by atoms with E-state index in [9.17, 15) is 9.59 Å². The zero-order chi connectivity index (χ0) is 21.3. The highest BCUT2D eigenvalue weighted by molar-refractivity contribution is 9.10. The van der Waals surface area contributed by atoms with E-state index in [2.05, 4.69) is 52.2 Å². The van der Waals surface area contributed by atoms with Crippen LogP contribution in [0.2, 0.25) is 0 Å². The number of carbonyl (C=O) groups excluding carboxylic acids is 1. The first-order chi connectivity index (χ1) is 14.4. The largest absolute Gasteiger partial charge is 0.324 e. The van der Waals surface area contributed by atoms with Crippen molar-refractivity contribution in [1.82, 2.24) is 9.55 Å². The number of nitrogens with one attached hydrogen (secondary N) is 1. The Morgan fingerprint density at radius 1 is 1.17 bits per heavy atom. The summed E-state index contributed by atoms with van der Waals surface area (Å²) in [5, 5.41) is 5.32. The summed E-state index contributed by atoms with van der Waals surface area (Å²) < 4.78 is 2.14. The summed E-state index contributed by atoms with van der Waals surface area (Å²) in [6, 6.07) is 15.6. The lowest BCUT2D eigenvalue weighted by atomic mass is 9.99. The van der Waals surface area contributed by atoms with Gasteiger partial charge in [0.05, 0.1) is 17.4 Å². The molecule has 0 aliphatic carbocycles. The molecule has 2 aromatic heterocycles. The average Bonchev–Trinajstić information content (AvgIpc) is 3.17. The maximum atomic E-state index is 13.2. The number of fused-ring (bicyclic) bond motifs is 1. The third-order valence-corrected chi connectivity index (χ3v) is 6.49. The van der Waals surface area contributed by atoms with Gasteiger partial charge in [-0.1, -0.05) is 50.2 Å². The first-order valence-corrected chi connectivity index (χ1v) is 11.2. The zero-order valence-electron chi connectivity index (χ0n) is 16.6. The van der Waals surface area contributed by atoms with Crippen molar-refractivity contribution in [3.8, 4) is 11.1 Å². The van der Waals surface area contributed by atoms with Gasteiger partial charge < -0.3 is 5.32 Å². The van der Waals surface area contributed by atoms with E-state index in [1.54, 1.807) is 6.07 Å². The SMILES string of the molecule is CC(C)c1ccc(-c2csc3ncn(CC(=O)Nc4ccccc4Br)c(=O)c23)cc1. The van der Waals surface area contributed by atoms with Crippen molar-refractivity contribution in [2.24, 2.45) is 0 Å². The number of rotatable bonds is 5. The average molecular weight is 482 g/mol. The molecule has 7 heteroatoms. The van der Waals surface area contributed by atoms with Crippen LogP contribution >= 0.6 is 27.3 Å². The van der Waals surface area contributed by atoms with Crippen molar-refractivity contribution in [2.45, 2.75) is 26.3 Å². The lowest BCUT2D eigenvalue weighted by molar-refractivity contribution is -0.116. The number of thiophene rings is 1. The second-order valence-electron chi connectivity index (χ2n) is 7.31. The van der Waals surface area contributed by atoms with Crippen molar-refractivity contribution in [2.75, 3.05) is 5.32 Å². The molecule has 0 spiro atoms. The summed E-state index contributed by atoms with van der Waals surface area (Å²) in [6.45, 7) is 4.19. The maximum absolute atomic E-state index is 13.2. The Hall–Kier alpha value is -2.77. The van der Waals surface area contributed by atoms with Gasteiger partial charge in [-0.2, -0.15) is 0 Å². The van der Waals surface area contributed by atoms with Crippen LogP contribution < -0.4 is 10.9 Å². The molecule has 0 atom stereocenters. The van der Waals surface area contributed by atoms with Crippen molar-refractivity contribution in [3.05, 3.63) is 80.6 Å². The van der Waals surface area contributed by atoms with Crippen LogP contribution in [0.15, 0.2) is 69.5 Å². The fourth-order valence-corrected chi connectivity index (χ4v) is 4.54. The fourth-order valence-electron chi connectivity index (χ4n) is 3.25. The van der Waals surface area contributed by atoms with Gasteiger partial charge in [0.25, 0.3) is 5.56 Å². The minimum absolute atomic E-state index is 0.106. The molecule has 0 fully saturated rings. The standard InChI is InChI=1S/C23H20BrN3O2S/c1-14(2)15-7-9-16(10-8-15)17-12-30-22-21(17)23(29)27(13-25-22)11-20(28)26-19-6-4-3-5-18(19)24/h3-10,12-14H,11H2,1-2H3,(H,26,28). The van der Waals surface area contributed by atoms with Gasteiger partial charge in [0.2, 0.25) is 5.91 Å². The predicted octanol–water partition coefficient (Wildman–Crippen LogP) is 5.65. The Bertz CT molecular complexity index is 1280. The van der Waals surface area contributed by atoms with Crippen molar-refractivity contribution in [1.29, 1.82) is 0 Å². The first kappa shape index (κ1) is 20.5. The molecule has 0 aliphatic rings. The number of nitrogens with zero attached hydrogens (tertiary/aromatic N) is 2. The molecule has 2 aromatic carbocycles. The minimum atomic E-state index is -0.289. The van der Waals surface area contributed by atoms with E-state index >= 15 is 0 Å². The number of hydrogen-bond acceptors (Lipinski definition) is 4. The van der Waals surface area contributed by atoms with Gasteiger partial charge in [-0.3, -0.25) is 14.2 Å². The predicted molar refractivity (Wildman–Crippen MR) is 126 cm³/mol. The quantitative estimate of drug-likeness (QED) is 0.400. The van der Waals surface area contributed by atoms with Gasteiger partial charge >= 0.3 is 0 Å². The number of para-hydroxylation sites is 1. The third-order valence-electron chi connectivity index (χ3n) is 4.91. The molecule has 0 unspecified atom stereocenters. The molecule has 1 amide bonds. The second-order valence-corrected chi connectivity index (χ2v) is 9.02. The monoisotopic (exact) mass is 481 g/mol. The molecular formula is C23H20BrN3O2S.